The Bertz CT molecular complexity index is 651. The fourth-order valence-corrected chi connectivity index (χ4v) is 3.27. The first-order chi connectivity index (χ1) is 10.1. The van der Waals surface area contributed by atoms with Crippen LogP contribution in [0.2, 0.25) is 0 Å². The van der Waals surface area contributed by atoms with Crippen LogP contribution in [0.3, 0.4) is 0 Å². The van der Waals surface area contributed by atoms with Gasteiger partial charge in [0, 0.05) is 17.3 Å². The van der Waals surface area contributed by atoms with Crippen molar-refractivity contribution < 1.29 is 9.84 Å². The first kappa shape index (κ1) is 14.0. The summed E-state index contributed by atoms with van der Waals surface area (Å²) in [5, 5.41) is 10.2. The highest BCUT2D eigenvalue weighted by Crippen LogP contribution is 2.43. The molecule has 3 nitrogen and oxygen atoms in total. The van der Waals surface area contributed by atoms with E-state index in [-0.39, 0.29) is 0 Å². The normalized spacial score (nSPS) is 18.5. The van der Waals surface area contributed by atoms with Crippen molar-refractivity contribution >= 4 is 11.4 Å². The third-order valence-corrected chi connectivity index (χ3v) is 4.15. The molecule has 21 heavy (non-hydrogen) atoms. The number of hydrogen-bond donors (Lipinski definition) is 1. The van der Waals surface area contributed by atoms with E-state index in [0.29, 0.717) is 6.04 Å². The van der Waals surface area contributed by atoms with Gasteiger partial charge in [-0.3, -0.25) is 0 Å². The fourth-order valence-electron chi connectivity index (χ4n) is 3.27. The lowest BCUT2D eigenvalue weighted by molar-refractivity contribution is 0.194. The molecule has 1 aliphatic rings. The number of aliphatic hydroxyl groups is 1. The van der Waals surface area contributed by atoms with Gasteiger partial charge in [0.05, 0.1) is 18.9 Å². The first-order valence-electron chi connectivity index (χ1n) is 7.35. The van der Waals surface area contributed by atoms with E-state index in [1.54, 1.807) is 14.0 Å². The maximum atomic E-state index is 10.2. The van der Waals surface area contributed by atoms with Crippen LogP contribution in [0, 0.1) is 0 Å². The van der Waals surface area contributed by atoms with Crippen molar-refractivity contribution in [2.24, 2.45) is 0 Å². The molecule has 2 atom stereocenters. The summed E-state index contributed by atoms with van der Waals surface area (Å²) in [4.78, 5) is 2.31. The number of rotatable bonds is 3. The van der Waals surface area contributed by atoms with Crippen LogP contribution in [0.15, 0.2) is 42.5 Å². The topological polar surface area (TPSA) is 32.7 Å². The predicted molar refractivity (Wildman–Crippen MR) is 85.4 cm³/mol. The molecule has 1 N–H and O–H groups in total. The molecule has 0 radical (unpaired) electrons. The highest BCUT2D eigenvalue weighted by molar-refractivity contribution is 5.75. The van der Waals surface area contributed by atoms with Crippen LogP contribution in [0.25, 0.3) is 0 Å². The molecule has 3 rings (SSSR count). The molecule has 1 aliphatic heterocycles. The number of para-hydroxylation sites is 1. The number of aliphatic hydroxyl groups excluding tert-OH is 1. The number of methoxy groups -OCH3 is 1. The maximum absolute atomic E-state index is 10.2. The molecule has 110 valence electrons. The maximum Gasteiger partial charge on any atom is 0.126 e. The van der Waals surface area contributed by atoms with Gasteiger partial charge in [-0.05, 0) is 44.0 Å². The largest absolute Gasteiger partial charge is 0.496 e. The van der Waals surface area contributed by atoms with Gasteiger partial charge < -0.3 is 14.7 Å². The zero-order valence-electron chi connectivity index (χ0n) is 12.7. The van der Waals surface area contributed by atoms with Gasteiger partial charge in [-0.1, -0.05) is 24.3 Å². The Labute approximate surface area is 125 Å². The summed E-state index contributed by atoms with van der Waals surface area (Å²) in [6, 6.07) is 14.8. The molecule has 2 aromatic rings. The van der Waals surface area contributed by atoms with Crippen molar-refractivity contribution in [3.63, 3.8) is 0 Å². The summed E-state index contributed by atoms with van der Waals surface area (Å²) >= 11 is 0. The van der Waals surface area contributed by atoms with Crippen molar-refractivity contribution in [1.82, 2.24) is 0 Å². The quantitative estimate of drug-likeness (QED) is 0.929. The van der Waals surface area contributed by atoms with Crippen LogP contribution in [-0.2, 0) is 6.42 Å². The predicted octanol–water partition coefficient (Wildman–Crippen LogP) is 3.83. The van der Waals surface area contributed by atoms with E-state index in [2.05, 4.69) is 42.2 Å². The lowest BCUT2D eigenvalue weighted by Gasteiger charge is -2.29. The van der Waals surface area contributed by atoms with Crippen LogP contribution in [0.1, 0.15) is 31.1 Å². The molecule has 2 aromatic carbocycles. The molecule has 1 heterocycles. The average molecular weight is 283 g/mol. The van der Waals surface area contributed by atoms with Crippen molar-refractivity contribution in [3.8, 4) is 5.75 Å². The van der Waals surface area contributed by atoms with Gasteiger partial charge in [0.1, 0.15) is 5.75 Å². The minimum Gasteiger partial charge on any atom is -0.496 e. The van der Waals surface area contributed by atoms with E-state index < -0.39 is 6.10 Å². The molecular formula is C18H21NO2. The Morgan fingerprint density at radius 1 is 1.14 bits per heavy atom. The minimum absolute atomic E-state index is 0.368. The monoisotopic (exact) mass is 283 g/mol. The van der Waals surface area contributed by atoms with Gasteiger partial charge in [0.25, 0.3) is 0 Å². The van der Waals surface area contributed by atoms with E-state index in [9.17, 15) is 5.11 Å². The molecule has 0 bridgehead atoms. The summed E-state index contributed by atoms with van der Waals surface area (Å²) < 4.78 is 5.44. The van der Waals surface area contributed by atoms with Crippen molar-refractivity contribution in [1.29, 1.82) is 0 Å². The number of hydrogen-bond acceptors (Lipinski definition) is 3. The Morgan fingerprint density at radius 3 is 2.57 bits per heavy atom. The van der Waals surface area contributed by atoms with Gasteiger partial charge in [-0.2, -0.15) is 0 Å². The summed E-state index contributed by atoms with van der Waals surface area (Å²) in [5.74, 6) is 0.735. The van der Waals surface area contributed by atoms with E-state index in [1.165, 1.54) is 11.3 Å². The smallest absolute Gasteiger partial charge is 0.126 e. The molecular weight excluding hydrogens is 262 g/mol. The Balaban J connectivity index is 2.17. The molecule has 0 spiro atoms. The zero-order valence-corrected chi connectivity index (χ0v) is 12.7. The van der Waals surface area contributed by atoms with E-state index in [0.717, 1.165) is 23.4 Å². The number of ether oxygens (including phenoxy) is 1. The molecule has 0 saturated heterocycles. The molecule has 1 unspecified atom stereocenters. The van der Waals surface area contributed by atoms with Crippen molar-refractivity contribution in [2.45, 2.75) is 32.4 Å². The second-order valence-corrected chi connectivity index (χ2v) is 5.62. The number of fused-ring (bicyclic) bond motifs is 1. The average Bonchev–Trinajstić information content (AvgIpc) is 2.81. The highest BCUT2D eigenvalue weighted by atomic mass is 16.5. The summed E-state index contributed by atoms with van der Waals surface area (Å²) in [5.41, 5.74) is 4.45. The number of nitrogens with zero attached hydrogens (tertiary/aromatic N) is 1. The van der Waals surface area contributed by atoms with Crippen molar-refractivity contribution in [3.05, 3.63) is 53.6 Å². The molecule has 3 heteroatoms. The SMILES string of the molecule is COc1cccc(N2c3ccccc3CC2C)c1[C@H](C)O. The Kier molecular flexibility index (Phi) is 3.60. The minimum atomic E-state index is -0.573. The lowest BCUT2D eigenvalue weighted by atomic mass is 10.0. The van der Waals surface area contributed by atoms with Crippen LogP contribution >= 0.6 is 0 Å². The molecule has 0 fully saturated rings. The summed E-state index contributed by atoms with van der Waals surface area (Å²) in [7, 11) is 1.65. The second kappa shape index (κ2) is 5.41. The first-order valence-corrected chi connectivity index (χ1v) is 7.35. The third kappa shape index (κ3) is 2.28. The molecule has 0 aliphatic carbocycles. The van der Waals surface area contributed by atoms with Gasteiger partial charge in [-0.15, -0.1) is 0 Å². The zero-order chi connectivity index (χ0) is 15.0. The van der Waals surface area contributed by atoms with Crippen molar-refractivity contribution in [2.75, 3.05) is 12.0 Å². The lowest BCUT2D eigenvalue weighted by Crippen LogP contribution is -2.25. The summed E-state index contributed by atoms with van der Waals surface area (Å²) in [6.07, 6.45) is 0.447. The van der Waals surface area contributed by atoms with Crippen LogP contribution in [-0.4, -0.2) is 18.3 Å². The third-order valence-electron chi connectivity index (χ3n) is 4.15. The number of anilines is 2. The Morgan fingerprint density at radius 2 is 1.86 bits per heavy atom. The van der Waals surface area contributed by atoms with Gasteiger partial charge in [-0.25, -0.2) is 0 Å². The second-order valence-electron chi connectivity index (χ2n) is 5.62. The molecule has 0 aromatic heterocycles. The highest BCUT2D eigenvalue weighted by Gasteiger charge is 2.30. The van der Waals surface area contributed by atoms with Crippen LogP contribution < -0.4 is 9.64 Å². The standard InChI is InChI=1S/C18H21NO2/c1-12-11-14-7-4-5-8-15(14)19(12)16-9-6-10-17(21-3)18(16)13(2)20/h4-10,12-13,20H,11H2,1-3H3/t12?,13-/m0/s1. The number of benzene rings is 2. The summed E-state index contributed by atoms with van der Waals surface area (Å²) in [6.45, 7) is 4.00. The Hall–Kier alpha value is -2.00. The van der Waals surface area contributed by atoms with Crippen LogP contribution in [0.5, 0.6) is 5.75 Å². The van der Waals surface area contributed by atoms with Gasteiger partial charge in [0.15, 0.2) is 0 Å². The van der Waals surface area contributed by atoms with Crippen LogP contribution in [0.4, 0.5) is 11.4 Å². The van der Waals surface area contributed by atoms with E-state index >= 15 is 0 Å². The van der Waals surface area contributed by atoms with Gasteiger partial charge in [0.2, 0.25) is 0 Å². The molecule has 0 amide bonds. The molecule has 0 saturated carbocycles. The van der Waals surface area contributed by atoms with E-state index in [4.69, 9.17) is 4.74 Å². The van der Waals surface area contributed by atoms with Gasteiger partial charge >= 0.3 is 0 Å². The fraction of sp³-hybridized carbons (Fsp3) is 0.333. The van der Waals surface area contributed by atoms with E-state index in [1.807, 2.05) is 12.1 Å².